The highest BCUT2D eigenvalue weighted by molar-refractivity contribution is 14.1. The van der Waals surface area contributed by atoms with E-state index in [2.05, 4.69) is 51.2 Å². The zero-order valence-electron chi connectivity index (χ0n) is 8.93. The van der Waals surface area contributed by atoms with Crippen LogP contribution in [0.25, 0.3) is 0 Å². The van der Waals surface area contributed by atoms with E-state index >= 15 is 0 Å². The fraction of sp³-hybridized carbons (Fsp3) is 0.364. The molecule has 1 heterocycles. The van der Waals surface area contributed by atoms with Crippen LogP contribution in [0.3, 0.4) is 0 Å². The van der Waals surface area contributed by atoms with Gasteiger partial charge in [-0.25, -0.2) is 0 Å². The highest BCUT2D eigenvalue weighted by Gasteiger charge is 2.11. The quantitative estimate of drug-likeness (QED) is 0.804. The lowest BCUT2D eigenvalue weighted by atomic mass is 10.2. The molecule has 16 heavy (non-hydrogen) atoms. The molecule has 0 radical (unpaired) electrons. The van der Waals surface area contributed by atoms with E-state index < -0.39 is 0 Å². The number of benzene rings is 1. The van der Waals surface area contributed by atoms with Gasteiger partial charge in [0.2, 0.25) is 0 Å². The number of hydrogen-bond donors (Lipinski definition) is 2. The number of nitrogens with one attached hydrogen (secondary N) is 2. The molecule has 0 aliphatic carbocycles. The Hall–Kier alpha value is -0.490. The Morgan fingerprint density at radius 1 is 1.62 bits per heavy atom. The lowest BCUT2D eigenvalue weighted by Gasteiger charge is -2.09. The molecule has 0 spiro atoms. The molecule has 0 bridgehead atoms. The molecular formula is C11H13ClIN3. The summed E-state index contributed by atoms with van der Waals surface area (Å²) in [5.74, 6) is 0.877. The van der Waals surface area contributed by atoms with E-state index in [1.54, 1.807) is 0 Å². The molecule has 2 N–H and O–H groups in total. The first-order valence-corrected chi connectivity index (χ1v) is 6.59. The minimum atomic E-state index is 0.433. The third-order valence-electron chi connectivity index (χ3n) is 2.35. The lowest BCUT2D eigenvalue weighted by molar-refractivity contribution is 0.713. The third kappa shape index (κ3) is 3.01. The van der Waals surface area contributed by atoms with Crippen molar-refractivity contribution in [3.8, 4) is 0 Å². The standard InChI is InChI=1S/C11H13ClIN3/c1-7-5-14-11(16-7)15-6-8-2-3-10(13)9(12)4-8/h2-4,7H,5-6H2,1H3,(H2,14,15,16). The van der Waals surface area contributed by atoms with E-state index in [0.29, 0.717) is 6.04 Å². The Morgan fingerprint density at radius 3 is 3.06 bits per heavy atom. The van der Waals surface area contributed by atoms with Crippen LogP contribution in [-0.4, -0.2) is 18.5 Å². The molecular weight excluding hydrogens is 336 g/mol. The molecule has 86 valence electrons. The molecule has 1 aliphatic rings. The second-order valence-electron chi connectivity index (χ2n) is 3.84. The zero-order chi connectivity index (χ0) is 11.5. The minimum absolute atomic E-state index is 0.433. The van der Waals surface area contributed by atoms with Crippen molar-refractivity contribution in [2.45, 2.75) is 19.5 Å². The van der Waals surface area contributed by atoms with E-state index in [9.17, 15) is 0 Å². The third-order valence-corrected chi connectivity index (χ3v) is 3.92. The smallest absolute Gasteiger partial charge is 0.191 e. The maximum atomic E-state index is 6.05. The van der Waals surface area contributed by atoms with E-state index in [-0.39, 0.29) is 0 Å². The summed E-state index contributed by atoms with van der Waals surface area (Å²) in [6.07, 6.45) is 0. The molecule has 5 heteroatoms. The molecule has 1 aliphatic heterocycles. The molecule has 0 saturated heterocycles. The topological polar surface area (TPSA) is 36.4 Å². The van der Waals surface area contributed by atoms with Crippen molar-refractivity contribution >= 4 is 40.2 Å². The summed E-state index contributed by atoms with van der Waals surface area (Å²) in [4.78, 5) is 4.33. The SMILES string of the molecule is CC1CN=C(NCc2ccc(I)c(Cl)c2)N1. The van der Waals surface area contributed by atoms with Crippen LogP contribution in [0.2, 0.25) is 5.02 Å². The fourth-order valence-electron chi connectivity index (χ4n) is 1.50. The van der Waals surface area contributed by atoms with Gasteiger partial charge in [-0.05, 0) is 47.2 Å². The lowest BCUT2D eigenvalue weighted by Crippen LogP contribution is -2.37. The monoisotopic (exact) mass is 349 g/mol. The largest absolute Gasteiger partial charge is 0.352 e. The van der Waals surface area contributed by atoms with Crippen LogP contribution in [0.15, 0.2) is 23.2 Å². The first-order chi connectivity index (χ1) is 7.65. The van der Waals surface area contributed by atoms with E-state index in [1.165, 1.54) is 0 Å². The summed E-state index contributed by atoms with van der Waals surface area (Å²) in [5, 5.41) is 7.31. The van der Waals surface area contributed by atoms with Crippen molar-refractivity contribution in [1.29, 1.82) is 0 Å². The number of halogens is 2. The molecule has 1 aromatic rings. The maximum absolute atomic E-state index is 6.05. The molecule has 3 nitrogen and oxygen atoms in total. The Balaban J connectivity index is 1.92. The van der Waals surface area contributed by atoms with Crippen molar-refractivity contribution in [2.75, 3.05) is 6.54 Å². The van der Waals surface area contributed by atoms with Crippen LogP contribution in [0.4, 0.5) is 0 Å². The Bertz CT molecular complexity index is 420. The second kappa shape index (κ2) is 5.23. The molecule has 2 rings (SSSR count). The molecule has 0 fully saturated rings. The molecule has 1 aromatic carbocycles. The summed E-state index contributed by atoms with van der Waals surface area (Å²) in [5.41, 5.74) is 1.16. The number of rotatable bonds is 2. The average molecular weight is 350 g/mol. The number of nitrogens with zero attached hydrogens (tertiary/aromatic N) is 1. The molecule has 1 unspecified atom stereocenters. The normalized spacial score (nSPS) is 19.2. The molecule has 0 aromatic heterocycles. The number of hydrogen-bond acceptors (Lipinski definition) is 3. The average Bonchev–Trinajstić information content (AvgIpc) is 2.66. The van der Waals surface area contributed by atoms with Crippen molar-refractivity contribution in [1.82, 2.24) is 10.6 Å². The summed E-state index contributed by atoms with van der Waals surface area (Å²) >= 11 is 8.27. The number of aliphatic imine (C=N–C) groups is 1. The van der Waals surface area contributed by atoms with Gasteiger partial charge in [-0.1, -0.05) is 17.7 Å². The van der Waals surface area contributed by atoms with Crippen LogP contribution in [0, 0.1) is 3.57 Å². The van der Waals surface area contributed by atoms with Gasteiger partial charge >= 0.3 is 0 Å². The van der Waals surface area contributed by atoms with Gasteiger partial charge in [-0.15, -0.1) is 0 Å². The van der Waals surface area contributed by atoms with Gasteiger partial charge in [-0.2, -0.15) is 0 Å². The Kier molecular flexibility index (Phi) is 3.91. The van der Waals surface area contributed by atoms with Crippen molar-refractivity contribution in [3.05, 3.63) is 32.4 Å². The zero-order valence-corrected chi connectivity index (χ0v) is 11.8. The summed E-state index contributed by atoms with van der Waals surface area (Å²) in [6, 6.07) is 6.50. The first-order valence-electron chi connectivity index (χ1n) is 5.14. The van der Waals surface area contributed by atoms with Gasteiger partial charge in [-0.3, -0.25) is 4.99 Å². The minimum Gasteiger partial charge on any atom is -0.352 e. The van der Waals surface area contributed by atoms with Gasteiger partial charge in [0.05, 0.1) is 11.6 Å². The van der Waals surface area contributed by atoms with E-state index in [0.717, 1.165) is 33.2 Å². The van der Waals surface area contributed by atoms with Crippen molar-refractivity contribution < 1.29 is 0 Å². The summed E-state index contributed by atoms with van der Waals surface area (Å²) in [7, 11) is 0. The van der Waals surface area contributed by atoms with Crippen LogP contribution >= 0.6 is 34.2 Å². The molecule has 0 amide bonds. The van der Waals surface area contributed by atoms with Gasteiger partial charge in [0.15, 0.2) is 5.96 Å². The van der Waals surface area contributed by atoms with Gasteiger partial charge in [0.1, 0.15) is 0 Å². The predicted molar refractivity (Wildman–Crippen MR) is 75.9 cm³/mol. The maximum Gasteiger partial charge on any atom is 0.191 e. The fourth-order valence-corrected chi connectivity index (χ4v) is 2.03. The summed E-state index contributed by atoms with van der Waals surface area (Å²) < 4.78 is 1.08. The molecule has 0 saturated carbocycles. The van der Waals surface area contributed by atoms with Crippen LogP contribution in [0.5, 0.6) is 0 Å². The Morgan fingerprint density at radius 2 is 2.44 bits per heavy atom. The van der Waals surface area contributed by atoms with Crippen LogP contribution < -0.4 is 10.6 Å². The van der Waals surface area contributed by atoms with Crippen LogP contribution in [0.1, 0.15) is 12.5 Å². The highest BCUT2D eigenvalue weighted by atomic mass is 127. The first kappa shape index (κ1) is 12.0. The summed E-state index contributed by atoms with van der Waals surface area (Å²) in [6.45, 7) is 3.70. The highest BCUT2D eigenvalue weighted by Crippen LogP contribution is 2.19. The van der Waals surface area contributed by atoms with Gasteiger partial charge < -0.3 is 10.6 Å². The molecule has 1 atom stereocenters. The Labute approximate surface area is 114 Å². The number of guanidine groups is 1. The predicted octanol–water partition coefficient (Wildman–Crippen LogP) is 2.38. The van der Waals surface area contributed by atoms with E-state index in [4.69, 9.17) is 11.6 Å². The second-order valence-corrected chi connectivity index (χ2v) is 5.41. The van der Waals surface area contributed by atoms with Gasteiger partial charge in [0.25, 0.3) is 0 Å². The van der Waals surface area contributed by atoms with Gasteiger partial charge in [0, 0.05) is 16.2 Å². The van der Waals surface area contributed by atoms with Crippen molar-refractivity contribution in [2.24, 2.45) is 4.99 Å². The van der Waals surface area contributed by atoms with Crippen LogP contribution in [-0.2, 0) is 6.54 Å². The van der Waals surface area contributed by atoms with E-state index in [1.807, 2.05) is 12.1 Å². The van der Waals surface area contributed by atoms with Crippen molar-refractivity contribution in [3.63, 3.8) is 0 Å².